The van der Waals surface area contributed by atoms with Crippen molar-refractivity contribution in [2.24, 2.45) is 0 Å². The van der Waals surface area contributed by atoms with E-state index in [1.54, 1.807) is 27.3 Å². The highest BCUT2D eigenvalue weighted by molar-refractivity contribution is 5.90. The highest BCUT2D eigenvalue weighted by Crippen LogP contribution is 2.33. The van der Waals surface area contributed by atoms with E-state index in [4.69, 9.17) is 9.47 Å². The summed E-state index contributed by atoms with van der Waals surface area (Å²) in [6.07, 6.45) is 0.618. The molecule has 0 bridgehead atoms. The number of ether oxygens (including phenoxy) is 2. The number of nitrogens with one attached hydrogen (secondary N) is 2. The van der Waals surface area contributed by atoms with E-state index in [0.29, 0.717) is 23.5 Å². The minimum absolute atomic E-state index is 0.103. The Balaban J connectivity index is 2.64. The average Bonchev–Trinajstić information content (AvgIpc) is 2.52. The van der Waals surface area contributed by atoms with Crippen molar-refractivity contribution in [1.82, 2.24) is 10.3 Å². The van der Waals surface area contributed by atoms with Gasteiger partial charge in [0.15, 0.2) is 11.5 Å². The Morgan fingerprint density at radius 2 is 1.77 bits per heavy atom. The number of carbonyl (C=O) groups excluding carboxylic acids is 1. The van der Waals surface area contributed by atoms with E-state index < -0.39 is 0 Å². The Morgan fingerprint density at radius 1 is 1.18 bits per heavy atom. The second-order valence-corrected chi connectivity index (χ2v) is 4.98. The third-order valence-electron chi connectivity index (χ3n) is 3.71. The van der Waals surface area contributed by atoms with E-state index in [-0.39, 0.29) is 17.9 Å². The lowest BCUT2D eigenvalue weighted by Crippen LogP contribution is -2.21. The Bertz CT molecular complexity index is 765. The summed E-state index contributed by atoms with van der Waals surface area (Å²) in [4.78, 5) is 26.5. The molecule has 22 heavy (non-hydrogen) atoms. The molecule has 0 aliphatic heterocycles. The lowest BCUT2D eigenvalue weighted by atomic mass is 10.0. The second kappa shape index (κ2) is 6.51. The Morgan fingerprint density at radius 3 is 2.32 bits per heavy atom. The molecule has 6 heteroatoms. The number of rotatable bonds is 5. The van der Waals surface area contributed by atoms with Crippen molar-refractivity contribution in [2.75, 3.05) is 21.3 Å². The molecule has 2 aromatic rings. The number of pyridine rings is 1. The molecule has 0 saturated heterocycles. The van der Waals surface area contributed by atoms with Gasteiger partial charge in [0.05, 0.1) is 14.2 Å². The molecule has 0 aliphatic carbocycles. The van der Waals surface area contributed by atoms with Crippen LogP contribution in [0.4, 0.5) is 0 Å². The minimum atomic E-state index is -0.180. The topological polar surface area (TPSA) is 80.4 Å². The van der Waals surface area contributed by atoms with Gasteiger partial charge in [-0.3, -0.25) is 9.59 Å². The van der Waals surface area contributed by atoms with Crippen LogP contribution < -0.4 is 20.3 Å². The van der Waals surface area contributed by atoms with Crippen molar-refractivity contribution < 1.29 is 14.3 Å². The van der Waals surface area contributed by atoms with E-state index in [0.717, 1.165) is 16.5 Å². The number of aromatic amines is 1. The van der Waals surface area contributed by atoms with Crippen molar-refractivity contribution in [3.05, 3.63) is 33.7 Å². The van der Waals surface area contributed by atoms with Crippen LogP contribution in [-0.2, 0) is 11.2 Å². The van der Waals surface area contributed by atoms with Crippen LogP contribution >= 0.6 is 0 Å². The monoisotopic (exact) mass is 304 g/mol. The average molecular weight is 304 g/mol. The molecule has 118 valence electrons. The lowest BCUT2D eigenvalue weighted by Gasteiger charge is -2.13. The number of benzene rings is 1. The zero-order valence-corrected chi connectivity index (χ0v) is 13.2. The molecule has 0 spiro atoms. The van der Waals surface area contributed by atoms with Gasteiger partial charge in [-0.05, 0) is 30.9 Å². The fourth-order valence-electron chi connectivity index (χ4n) is 2.49. The zero-order valence-electron chi connectivity index (χ0n) is 13.2. The predicted molar refractivity (Wildman–Crippen MR) is 84.8 cm³/mol. The van der Waals surface area contributed by atoms with Crippen LogP contribution in [0.3, 0.4) is 0 Å². The standard InChI is InChI=1S/C16H20N2O4/c1-9-11-7-13(21-3)14(22-4)8-12(11)10(16(20)18-9)5-6-15(19)17-2/h7-8H,5-6H2,1-4H3,(H,17,19)(H,18,20). The van der Waals surface area contributed by atoms with Crippen molar-refractivity contribution >= 4 is 16.7 Å². The summed E-state index contributed by atoms with van der Waals surface area (Å²) in [6, 6.07) is 3.62. The summed E-state index contributed by atoms with van der Waals surface area (Å²) < 4.78 is 10.6. The van der Waals surface area contributed by atoms with Crippen molar-refractivity contribution in [3.8, 4) is 11.5 Å². The molecule has 6 nitrogen and oxygen atoms in total. The van der Waals surface area contributed by atoms with Crippen LogP contribution in [0, 0.1) is 6.92 Å². The number of carbonyl (C=O) groups is 1. The molecule has 2 N–H and O–H groups in total. The normalized spacial score (nSPS) is 10.5. The van der Waals surface area contributed by atoms with Crippen LogP contribution in [0.2, 0.25) is 0 Å². The maximum atomic E-state index is 12.2. The van der Waals surface area contributed by atoms with Crippen molar-refractivity contribution in [1.29, 1.82) is 0 Å². The SMILES string of the molecule is CNC(=O)CCc1c(=O)[nH]c(C)c2cc(OC)c(OC)cc12. The van der Waals surface area contributed by atoms with Gasteiger partial charge >= 0.3 is 0 Å². The van der Waals surface area contributed by atoms with E-state index >= 15 is 0 Å². The molecule has 0 aliphatic rings. The number of methoxy groups -OCH3 is 2. The first-order valence-electron chi connectivity index (χ1n) is 6.99. The molecule has 2 rings (SSSR count). The summed E-state index contributed by atoms with van der Waals surface area (Å²) in [5, 5.41) is 4.22. The quantitative estimate of drug-likeness (QED) is 0.878. The first-order chi connectivity index (χ1) is 10.5. The number of amides is 1. The van der Waals surface area contributed by atoms with Crippen LogP contribution in [0.5, 0.6) is 11.5 Å². The van der Waals surface area contributed by atoms with Gasteiger partial charge in [0, 0.05) is 30.1 Å². The molecular formula is C16H20N2O4. The molecule has 1 aromatic carbocycles. The van der Waals surface area contributed by atoms with Gasteiger partial charge in [-0.25, -0.2) is 0 Å². The lowest BCUT2D eigenvalue weighted by molar-refractivity contribution is -0.120. The van der Waals surface area contributed by atoms with Gasteiger partial charge in [0.25, 0.3) is 5.56 Å². The maximum absolute atomic E-state index is 12.2. The zero-order chi connectivity index (χ0) is 16.3. The van der Waals surface area contributed by atoms with Crippen LogP contribution in [0.15, 0.2) is 16.9 Å². The van der Waals surface area contributed by atoms with Gasteiger partial charge in [-0.1, -0.05) is 0 Å². The Labute approximate surface area is 128 Å². The van der Waals surface area contributed by atoms with Gasteiger partial charge in [0.2, 0.25) is 5.91 Å². The highest BCUT2D eigenvalue weighted by atomic mass is 16.5. The van der Waals surface area contributed by atoms with Gasteiger partial charge in [-0.15, -0.1) is 0 Å². The van der Waals surface area contributed by atoms with Crippen LogP contribution in [-0.4, -0.2) is 32.2 Å². The molecule has 0 fully saturated rings. The number of fused-ring (bicyclic) bond motifs is 1. The summed E-state index contributed by atoms with van der Waals surface area (Å²) >= 11 is 0. The van der Waals surface area contributed by atoms with Gasteiger partial charge in [0.1, 0.15) is 0 Å². The molecule has 0 unspecified atom stereocenters. The van der Waals surface area contributed by atoms with E-state index in [9.17, 15) is 9.59 Å². The molecule has 0 radical (unpaired) electrons. The number of hydrogen-bond acceptors (Lipinski definition) is 4. The third-order valence-corrected chi connectivity index (χ3v) is 3.71. The van der Waals surface area contributed by atoms with E-state index in [1.165, 1.54) is 0 Å². The van der Waals surface area contributed by atoms with Crippen molar-refractivity contribution in [2.45, 2.75) is 19.8 Å². The molecular weight excluding hydrogens is 284 g/mol. The number of aromatic nitrogens is 1. The molecule has 1 aromatic heterocycles. The first kappa shape index (κ1) is 15.9. The van der Waals surface area contributed by atoms with E-state index in [1.807, 2.05) is 13.0 Å². The minimum Gasteiger partial charge on any atom is -0.493 e. The van der Waals surface area contributed by atoms with Crippen LogP contribution in [0.25, 0.3) is 10.8 Å². The Hall–Kier alpha value is -2.50. The maximum Gasteiger partial charge on any atom is 0.251 e. The van der Waals surface area contributed by atoms with Crippen LogP contribution in [0.1, 0.15) is 17.7 Å². The first-order valence-corrected chi connectivity index (χ1v) is 6.99. The van der Waals surface area contributed by atoms with Gasteiger partial charge < -0.3 is 19.8 Å². The second-order valence-electron chi connectivity index (χ2n) is 4.98. The van der Waals surface area contributed by atoms with Gasteiger partial charge in [-0.2, -0.15) is 0 Å². The highest BCUT2D eigenvalue weighted by Gasteiger charge is 2.14. The number of H-pyrrole nitrogens is 1. The largest absolute Gasteiger partial charge is 0.493 e. The molecule has 1 heterocycles. The summed E-state index contributed by atoms with van der Waals surface area (Å²) in [5.74, 6) is 1.05. The Kier molecular flexibility index (Phi) is 4.70. The molecule has 1 amide bonds. The fraction of sp³-hybridized carbons (Fsp3) is 0.375. The molecule has 0 saturated carbocycles. The number of hydrogen-bond donors (Lipinski definition) is 2. The summed E-state index contributed by atoms with van der Waals surface area (Å²) in [7, 11) is 4.69. The third kappa shape index (κ3) is 2.90. The summed E-state index contributed by atoms with van der Waals surface area (Å²) in [5.41, 5.74) is 1.15. The fourth-order valence-corrected chi connectivity index (χ4v) is 2.49. The molecule has 0 atom stereocenters. The predicted octanol–water partition coefficient (Wildman–Crippen LogP) is 1.53. The number of aryl methyl sites for hydroxylation is 2. The summed E-state index contributed by atoms with van der Waals surface area (Å²) in [6.45, 7) is 1.83. The smallest absolute Gasteiger partial charge is 0.251 e. The van der Waals surface area contributed by atoms with Crippen molar-refractivity contribution in [3.63, 3.8) is 0 Å². The van der Waals surface area contributed by atoms with E-state index in [2.05, 4.69) is 10.3 Å².